The highest BCUT2D eigenvalue weighted by molar-refractivity contribution is 6.33. The molecule has 2 heterocycles. The number of nitrogens with zero attached hydrogens (tertiary/aromatic N) is 2. The van der Waals surface area contributed by atoms with Gasteiger partial charge in [0.15, 0.2) is 0 Å². The molecule has 1 N–H and O–H groups in total. The Morgan fingerprint density at radius 3 is 3.00 bits per heavy atom. The predicted octanol–water partition coefficient (Wildman–Crippen LogP) is 2.53. The Morgan fingerprint density at radius 2 is 2.26 bits per heavy atom. The van der Waals surface area contributed by atoms with Crippen LogP contribution in [0.1, 0.15) is 10.4 Å². The zero-order valence-corrected chi connectivity index (χ0v) is 10.6. The van der Waals surface area contributed by atoms with Gasteiger partial charge in [-0.3, -0.25) is 4.79 Å². The normalized spacial score (nSPS) is 10.1. The average Bonchev–Trinajstić information content (AvgIpc) is 2.42. The largest absolute Gasteiger partial charge is 0.480 e. The number of methoxy groups -OCH3 is 1. The van der Waals surface area contributed by atoms with E-state index < -0.39 is 11.7 Å². The molecule has 0 spiro atoms. The number of anilines is 1. The maximum Gasteiger partial charge on any atom is 0.259 e. The number of ether oxygens (including phenoxy) is 1. The van der Waals surface area contributed by atoms with Gasteiger partial charge in [-0.2, -0.15) is 0 Å². The molecule has 0 aliphatic heterocycles. The van der Waals surface area contributed by atoms with E-state index in [4.69, 9.17) is 16.3 Å². The molecular formula is C12H9ClFN3O2. The highest BCUT2D eigenvalue weighted by Gasteiger charge is 2.15. The lowest BCUT2D eigenvalue weighted by atomic mass is 10.2. The Labute approximate surface area is 113 Å². The standard InChI is InChI=1S/C12H9ClFN3O2/c1-19-12-9(3-2-4-15-12)17-11(18)8-5-7(14)6-16-10(8)13/h2-6H,1H3,(H,17,18). The van der Waals surface area contributed by atoms with Gasteiger partial charge in [0.25, 0.3) is 5.91 Å². The zero-order valence-electron chi connectivity index (χ0n) is 9.85. The first-order valence-electron chi connectivity index (χ1n) is 5.23. The lowest BCUT2D eigenvalue weighted by Crippen LogP contribution is -2.14. The minimum absolute atomic E-state index is 0.0624. The minimum atomic E-state index is -0.646. The van der Waals surface area contributed by atoms with E-state index in [1.54, 1.807) is 12.1 Å². The topological polar surface area (TPSA) is 64.1 Å². The van der Waals surface area contributed by atoms with Gasteiger partial charge in [0.1, 0.15) is 16.7 Å². The van der Waals surface area contributed by atoms with E-state index in [0.29, 0.717) is 5.69 Å². The lowest BCUT2D eigenvalue weighted by Gasteiger charge is -2.09. The van der Waals surface area contributed by atoms with Crippen molar-refractivity contribution in [3.8, 4) is 5.88 Å². The summed E-state index contributed by atoms with van der Waals surface area (Å²) in [6.07, 6.45) is 2.45. The van der Waals surface area contributed by atoms with Crippen molar-refractivity contribution < 1.29 is 13.9 Å². The van der Waals surface area contributed by atoms with Crippen molar-refractivity contribution in [3.63, 3.8) is 0 Å². The quantitative estimate of drug-likeness (QED) is 0.878. The van der Waals surface area contributed by atoms with Crippen LogP contribution in [0.3, 0.4) is 0 Å². The molecular weight excluding hydrogens is 273 g/mol. The van der Waals surface area contributed by atoms with Crippen LogP contribution in [0.5, 0.6) is 5.88 Å². The highest BCUT2D eigenvalue weighted by Crippen LogP contribution is 2.22. The van der Waals surface area contributed by atoms with Crippen molar-refractivity contribution in [1.82, 2.24) is 9.97 Å². The Bertz CT molecular complexity index is 622. The third kappa shape index (κ3) is 2.97. The van der Waals surface area contributed by atoms with Crippen LogP contribution in [-0.2, 0) is 0 Å². The van der Waals surface area contributed by atoms with E-state index in [0.717, 1.165) is 12.3 Å². The summed E-state index contributed by atoms with van der Waals surface area (Å²) >= 11 is 5.75. The maximum absolute atomic E-state index is 13.1. The van der Waals surface area contributed by atoms with Crippen LogP contribution in [0, 0.1) is 5.82 Å². The van der Waals surface area contributed by atoms with Crippen LogP contribution < -0.4 is 10.1 Å². The summed E-state index contributed by atoms with van der Waals surface area (Å²) in [5.41, 5.74) is 0.294. The second-order valence-corrected chi connectivity index (χ2v) is 3.86. The van der Waals surface area contributed by atoms with Crippen LogP contribution in [0.4, 0.5) is 10.1 Å². The smallest absolute Gasteiger partial charge is 0.259 e. The maximum atomic E-state index is 13.1. The van der Waals surface area contributed by atoms with Gasteiger partial charge in [-0.1, -0.05) is 11.6 Å². The van der Waals surface area contributed by atoms with Crippen molar-refractivity contribution in [1.29, 1.82) is 0 Å². The molecule has 19 heavy (non-hydrogen) atoms. The molecule has 0 aliphatic carbocycles. The fraction of sp³-hybridized carbons (Fsp3) is 0.0833. The number of nitrogens with one attached hydrogen (secondary N) is 1. The highest BCUT2D eigenvalue weighted by atomic mass is 35.5. The van der Waals surface area contributed by atoms with Gasteiger partial charge in [-0.05, 0) is 18.2 Å². The van der Waals surface area contributed by atoms with Crippen LogP contribution >= 0.6 is 11.6 Å². The van der Waals surface area contributed by atoms with Crippen LogP contribution in [0.25, 0.3) is 0 Å². The van der Waals surface area contributed by atoms with E-state index in [1.165, 1.54) is 13.3 Å². The first-order valence-corrected chi connectivity index (χ1v) is 5.61. The Balaban J connectivity index is 2.28. The van der Waals surface area contributed by atoms with Gasteiger partial charge in [0.2, 0.25) is 5.88 Å². The number of halogens is 2. The molecule has 0 aromatic carbocycles. The van der Waals surface area contributed by atoms with Gasteiger partial charge < -0.3 is 10.1 Å². The number of carbonyl (C=O) groups is 1. The second kappa shape index (κ2) is 5.62. The van der Waals surface area contributed by atoms with Crippen molar-refractivity contribution in [2.24, 2.45) is 0 Å². The molecule has 0 atom stereocenters. The molecule has 98 valence electrons. The average molecular weight is 282 g/mol. The first-order chi connectivity index (χ1) is 9.11. The Morgan fingerprint density at radius 1 is 1.47 bits per heavy atom. The van der Waals surface area contributed by atoms with Crippen molar-refractivity contribution in [3.05, 3.63) is 47.1 Å². The molecule has 0 radical (unpaired) electrons. The molecule has 0 saturated carbocycles. The summed E-state index contributed by atoms with van der Waals surface area (Å²) in [5, 5.41) is 2.45. The number of amides is 1. The minimum Gasteiger partial charge on any atom is -0.480 e. The molecule has 0 aliphatic rings. The molecule has 2 aromatic heterocycles. The van der Waals surface area contributed by atoms with Crippen molar-refractivity contribution in [2.45, 2.75) is 0 Å². The van der Waals surface area contributed by atoms with E-state index in [2.05, 4.69) is 15.3 Å². The third-order valence-corrected chi connectivity index (χ3v) is 2.56. The molecule has 0 fully saturated rings. The van der Waals surface area contributed by atoms with E-state index in [1.807, 2.05) is 0 Å². The number of hydrogen-bond donors (Lipinski definition) is 1. The molecule has 5 nitrogen and oxygen atoms in total. The summed E-state index contributed by atoms with van der Waals surface area (Å²) in [6.45, 7) is 0. The molecule has 0 bridgehead atoms. The Hall–Kier alpha value is -2.21. The van der Waals surface area contributed by atoms with Gasteiger partial charge in [0.05, 0.1) is 18.9 Å². The SMILES string of the molecule is COc1ncccc1NC(=O)c1cc(F)cnc1Cl. The molecule has 2 rings (SSSR count). The molecule has 0 saturated heterocycles. The molecule has 2 aromatic rings. The number of pyridine rings is 2. The van der Waals surface area contributed by atoms with E-state index in [-0.39, 0.29) is 16.6 Å². The van der Waals surface area contributed by atoms with Gasteiger partial charge in [0, 0.05) is 6.20 Å². The summed E-state index contributed by atoms with van der Waals surface area (Å²) < 4.78 is 18.0. The summed E-state index contributed by atoms with van der Waals surface area (Å²) in [6, 6.07) is 4.24. The van der Waals surface area contributed by atoms with E-state index in [9.17, 15) is 9.18 Å². The summed E-state index contributed by atoms with van der Waals surface area (Å²) in [7, 11) is 1.43. The number of hydrogen-bond acceptors (Lipinski definition) is 4. The molecule has 7 heteroatoms. The second-order valence-electron chi connectivity index (χ2n) is 3.51. The summed E-state index contributed by atoms with van der Waals surface area (Å²) in [5.74, 6) is -0.993. The molecule has 0 unspecified atom stereocenters. The number of rotatable bonds is 3. The zero-order chi connectivity index (χ0) is 13.8. The first kappa shape index (κ1) is 13.2. The number of carbonyl (C=O) groups excluding carboxylic acids is 1. The fourth-order valence-corrected chi connectivity index (χ4v) is 1.61. The van der Waals surface area contributed by atoms with Gasteiger partial charge in [-0.25, -0.2) is 14.4 Å². The monoisotopic (exact) mass is 281 g/mol. The van der Waals surface area contributed by atoms with Gasteiger partial charge in [-0.15, -0.1) is 0 Å². The van der Waals surface area contributed by atoms with Crippen LogP contribution in [0.2, 0.25) is 5.15 Å². The molecule has 1 amide bonds. The lowest BCUT2D eigenvalue weighted by molar-refractivity contribution is 0.102. The van der Waals surface area contributed by atoms with E-state index >= 15 is 0 Å². The van der Waals surface area contributed by atoms with Crippen LogP contribution in [0.15, 0.2) is 30.6 Å². The fourth-order valence-electron chi connectivity index (χ4n) is 1.42. The predicted molar refractivity (Wildman–Crippen MR) is 67.9 cm³/mol. The number of aromatic nitrogens is 2. The van der Waals surface area contributed by atoms with Gasteiger partial charge >= 0.3 is 0 Å². The van der Waals surface area contributed by atoms with Crippen LogP contribution in [-0.4, -0.2) is 23.0 Å². The Kier molecular flexibility index (Phi) is 3.91. The third-order valence-electron chi connectivity index (χ3n) is 2.26. The summed E-state index contributed by atoms with van der Waals surface area (Å²) in [4.78, 5) is 19.5. The van der Waals surface area contributed by atoms with Crippen molar-refractivity contribution in [2.75, 3.05) is 12.4 Å². The van der Waals surface area contributed by atoms with Crippen molar-refractivity contribution >= 4 is 23.2 Å².